The van der Waals surface area contributed by atoms with Crippen molar-refractivity contribution in [2.45, 2.75) is 29.8 Å². The van der Waals surface area contributed by atoms with E-state index in [1.807, 2.05) is 6.07 Å². The fourth-order valence-corrected chi connectivity index (χ4v) is 4.44. The number of non-ortho nitro benzene ring substituents is 1. The van der Waals surface area contributed by atoms with Crippen molar-refractivity contribution in [3.63, 3.8) is 0 Å². The van der Waals surface area contributed by atoms with Gasteiger partial charge < -0.3 is 9.84 Å². The molecule has 0 fully saturated rings. The van der Waals surface area contributed by atoms with E-state index in [1.165, 1.54) is 18.2 Å². The Hall–Kier alpha value is -2.49. The first kappa shape index (κ1) is 19.3. The zero-order chi connectivity index (χ0) is 19.7. The number of hydrogen-bond donors (Lipinski definition) is 2. The smallest absolute Gasteiger partial charge is 0.270 e. The highest BCUT2D eigenvalue weighted by Gasteiger charge is 2.36. The predicted molar refractivity (Wildman–Crippen MR) is 98.1 cm³/mol. The molecule has 2 N–H and O–H groups in total. The van der Waals surface area contributed by atoms with Crippen LogP contribution in [-0.4, -0.2) is 32.1 Å². The molecule has 0 amide bonds. The third-order valence-electron chi connectivity index (χ3n) is 4.74. The first-order valence-electron chi connectivity index (χ1n) is 8.39. The predicted octanol–water partition coefficient (Wildman–Crippen LogP) is 2.11. The number of benzene rings is 2. The van der Waals surface area contributed by atoms with Crippen LogP contribution in [0, 0.1) is 10.1 Å². The van der Waals surface area contributed by atoms with E-state index in [4.69, 9.17) is 4.74 Å². The molecule has 0 heterocycles. The molecule has 3 rings (SSSR count). The average molecular weight is 392 g/mol. The summed E-state index contributed by atoms with van der Waals surface area (Å²) in [5.74, 6) is 0.676. The van der Waals surface area contributed by atoms with Gasteiger partial charge in [-0.3, -0.25) is 10.1 Å². The molecule has 0 radical (unpaired) electrons. The molecule has 27 heavy (non-hydrogen) atoms. The summed E-state index contributed by atoms with van der Waals surface area (Å²) in [7, 11) is -2.45. The highest BCUT2D eigenvalue weighted by atomic mass is 32.2. The minimum absolute atomic E-state index is 0.217. The molecule has 0 saturated heterocycles. The largest absolute Gasteiger partial charge is 0.497 e. The van der Waals surface area contributed by atoms with Gasteiger partial charge in [-0.15, -0.1) is 0 Å². The Kier molecular flexibility index (Phi) is 5.18. The molecular weight excluding hydrogens is 372 g/mol. The highest BCUT2D eigenvalue weighted by molar-refractivity contribution is 7.89. The van der Waals surface area contributed by atoms with Gasteiger partial charge in [0.2, 0.25) is 10.0 Å². The van der Waals surface area contributed by atoms with Crippen LogP contribution >= 0.6 is 0 Å². The summed E-state index contributed by atoms with van der Waals surface area (Å²) in [6.07, 6.45) is 1.88. The topological polar surface area (TPSA) is 119 Å². The second kappa shape index (κ2) is 7.26. The van der Waals surface area contributed by atoms with Gasteiger partial charge in [0.1, 0.15) is 11.4 Å². The molecule has 8 nitrogen and oxygen atoms in total. The molecule has 0 saturated carbocycles. The minimum atomic E-state index is -4.01. The van der Waals surface area contributed by atoms with Crippen LogP contribution < -0.4 is 9.46 Å². The van der Waals surface area contributed by atoms with Crippen LogP contribution in [0.15, 0.2) is 47.4 Å². The number of ether oxygens (including phenoxy) is 1. The van der Waals surface area contributed by atoms with Crippen LogP contribution in [0.2, 0.25) is 0 Å². The number of methoxy groups -OCH3 is 1. The third kappa shape index (κ3) is 3.95. The van der Waals surface area contributed by atoms with Gasteiger partial charge in [-0.05, 0) is 48.6 Å². The molecule has 0 aromatic heterocycles. The SMILES string of the molecule is COc1ccc2c(c1)CCCC2(O)CNS(=O)(=O)c1cccc([N+](=O)[O-])c1. The number of rotatable bonds is 6. The summed E-state index contributed by atoms with van der Waals surface area (Å²) in [6, 6.07) is 10.1. The van der Waals surface area contributed by atoms with Gasteiger partial charge in [0.15, 0.2) is 0 Å². The van der Waals surface area contributed by atoms with E-state index in [2.05, 4.69) is 4.72 Å². The van der Waals surface area contributed by atoms with Crippen molar-refractivity contribution >= 4 is 15.7 Å². The summed E-state index contributed by atoms with van der Waals surface area (Å²) in [6.45, 7) is -0.225. The number of fused-ring (bicyclic) bond motifs is 1. The second-order valence-corrected chi connectivity index (χ2v) is 8.25. The van der Waals surface area contributed by atoms with E-state index in [0.717, 1.165) is 18.1 Å². The molecule has 2 aromatic carbocycles. The van der Waals surface area contributed by atoms with Gasteiger partial charge in [0.25, 0.3) is 5.69 Å². The minimum Gasteiger partial charge on any atom is -0.497 e. The quantitative estimate of drug-likeness (QED) is 0.574. The van der Waals surface area contributed by atoms with Gasteiger partial charge in [0.05, 0.1) is 16.9 Å². The molecule has 1 unspecified atom stereocenters. The van der Waals surface area contributed by atoms with Crippen molar-refractivity contribution in [2.75, 3.05) is 13.7 Å². The van der Waals surface area contributed by atoms with Crippen LogP contribution in [0.5, 0.6) is 5.75 Å². The maximum Gasteiger partial charge on any atom is 0.270 e. The number of nitro benzene ring substituents is 1. The lowest BCUT2D eigenvalue weighted by Gasteiger charge is -2.34. The number of hydrogen-bond acceptors (Lipinski definition) is 6. The highest BCUT2D eigenvalue weighted by Crippen LogP contribution is 2.37. The number of aryl methyl sites for hydroxylation is 1. The number of nitro groups is 1. The van der Waals surface area contributed by atoms with Crippen molar-refractivity contribution in [3.05, 3.63) is 63.7 Å². The van der Waals surface area contributed by atoms with Gasteiger partial charge in [0, 0.05) is 18.7 Å². The van der Waals surface area contributed by atoms with Crippen molar-refractivity contribution in [1.29, 1.82) is 0 Å². The van der Waals surface area contributed by atoms with Gasteiger partial charge >= 0.3 is 0 Å². The lowest BCUT2D eigenvalue weighted by atomic mass is 9.79. The van der Waals surface area contributed by atoms with E-state index in [-0.39, 0.29) is 17.1 Å². The van der Waals surface area contributed by atoms with Crippen LogP contribution in [0.25, 0.3) is 0 Å². The van der Waals surface area contributed by atoms with Gasteiger partial charge in [-0.2, -0.15) is 0 Å². The molecule has 0 aliphatic heterocycles. The Morgan fingerprint density at radius 3 is 2.78 bits per heavy atom. The Balaban J connectivity index is 1.84. The summed E-state index contributed by atoms with van der Waals surface area (Å²) in [5, 5.41) is 21.9. The van der Waals surface area contributed by atoms with Gasteiger partial charge in [-0.25, -0.2) is 13.1 Å². The van der Waals surface area contributed by atoms with Crippen LogP contribution in [0.4, 0.5) is 5.69 Å². The Bertz CT molecular complexity index is 976. The zero-order valence-electron chi connectivity index (χ0n) is 14.7. The monoisotopic (exact) mass is 392 g/mol. The molecule has 0 spiro atoms. The van der Waals surface area contributed by atoms with E-state index < -0.39 is 20.5 Å². The fourth-order valence-electron chi connectivity index (χ4n) is 3.31. The van der Waals surface area contributed by atoms with E-state index in [1.54, 1.807) is 19.2 Å². The average Bonchev–Trinajstić information content (AvgIpc) is 2.66. The Labute approximate surface area is 157 Å². The molecule has 0 bridgehead atoms. The summed E-state index contributed by atoms with van der Waals surface area (Å²) in [5.41, 5.74) is -0.0891. The molecular formula is C18H20N2O6S. The van der Waals surface area contributed by atoms with Crippen molar-refractivity contribution in [2.24, 2.45) is 0 Å². The van der Waals surface area contributed by atoms with Crippen LogP contribution in [-0.2, 0) is 22.0 Å². The van der Waals surface area contributed by atoms with Gasteiger partial charge in [-0.1, -0.05) is 12.1 Å². The van der Waals surface area contributed by atoms with Crippen LogP contribution in [0.1, 0.15) is 24.0 Å². The van der Waals surface area contributed by atoms with Crippen LogP contribution in [0.3, 0.4) is 0 Å². The summed E-state index contributed by atoms with van der Waals surface area (Å²) < 4.78 is 32.7. The summed E-state index contributed by atoms with van der Waals surface area (Å²) >= 11 is 0. The van der Waals surface area contributed by atoms with Crippen molar-refractivity contribution < 1.29 is 23.2 Å². The molecule has 9 heteroatoms. The van der Waals surface area contributed by atoms with Crippen molar-refractivity contribution in [3.8, 4) is 5.75 Å². The zero-order valence-corrected chi connectivity index (χ0v) is 15.5. The second-order valence-electron chi connectivity index (χ2n) is 6.49. The standard InChI is InChI=1S/C18H20N2O6S/c1-26-15-7-8-17-13(10-15)4-3-9-18(17,21)12-19-27(24,25)16-6-2-5-14(11-16)20(22)23/h2,5-8,10-11,19,21H,3-4,9,12H2,1H3. The molecule has 1 aliphatic carbocycles. The van der Waals surface area contributed by atoms with E-state index >= 15 is 0 Å². The lowest BCUT2D eigenvalue weighted by molar-refractivity contribution is -0.385. The summed E-state index contributed by atoms with van der Waals surface area (Å²) in [4.78, 5) is 9.99. The number of nitrogens with zero attached hydrogens (tertiary/aromatic N) is 1. The van der Waals surface area contributed by atoms with E-state index in [0.29, 0.717) is 24.2 Å². The number of nitrogens with one attached hydrogen (secondary N) is 1. The maximum atomic E-state index is 12.5. The molecule has 1 atom stereocenters. The Morgan fingerprint density at radius 2 is 2.07 bits per heavy atom. The third-order valence-corrected chi connectivity index (χ3v) is 6.14. The number of sulfonamides is 1. The Morgan fingerprint density at radius 1 is 1.30 bits per heavy atom. The normalized spacial score (nSPS) is 19.3. The first-order valence-corrected chi connectivity index (χ1v) is 9.87. The van der Waals surface area contributed by atoms with Crippen molar-refractivity contribution in [1.82, 2.24) is 4.72 Å². The molecule has 1 aliphatic rings. The maximum absolute atomic E-state index is 12.5. The lowest BCUT2D eigenvalue weighted by Crippen LogP contribution is -2.42. The van der Waals surface area contributed by atoms with E-state index in [9.17, 15) is 23.6 Å². The fraction of sp³-hybridized carbons (Fsp3) is 0.333. The number of aliphatic hydroxyl groups is 1. The molecule has 144 valence electrons. The first-order chi connectivity index (χ1) is 12.7. The molecule has 2 aromatic rings.